The lowest BCUT2D eigenvalue weighted by atomic mass is 10.1. The first-order valence-corrected chi connectivity index (χ1v) is 8.54. The highest BCUT2D eigenvalue weighted by Crippen LogP contribution is 2.35. The zero-order chi connectivity index (χ0) is 17.4. The maximum Gasteiger partial charge on any atom is 0.290 e. The van der Waals surface area contributed by atoms with Gasteiger partial charge in [-0.3, -0.25) is 9.78 Å². The normalized spacial score (nSPS) is 17.2. The van der Waals surface area contributed by atoms with Crippen molar-refractivity contribution in [3.63, 3.8) is 0 Å². The van der Waals surface area contributed by atoms with E-state index in [2.05, 4.69) is 4.98 Å². The Balaban J connectivity index is 1.70. The lowest BCUT2D eigenvalue weighted by Gasteiger charge is -2.23. The highest BCUT2D eigenvalue weighted by molar-refractivity contribution is 6.31. The Hall–Kier alpha value is -2.53. The molecule has 0 spiro atoms. The third-order valence-corrected chi connectivity index (χ3v) is 4.74. The van der Waals surface area contributed by atoms with Crippen LogP contribution < -0.4 is 4.74 Å². The molecule has 1 unspecified atom stereocenters. The number of carbonyl (C=O) groups is 1. The highest BCUT2D eigenvalue weighted by Gasteiger charge is 2.33. The number of methoxy groups -OCH3 is 1. The minimum atomic E-state index is -0.137. The van der Waals surface area contributed by atoms with E-state index in [9.17, 15) is 4.79 Å². The van der Waals surface area contributed by atoms with Crippen molar-refractivity contribution in [1.29, 1.82) is 0 Å². The van der Waals surface area contributed by atoms with E-state index in [4.69, 9.17) is 20.8 Å². The second kappa shape index (κ2) is 6.41. The lowest BCUT2D eigenvalue weighted by Crippen LogP contribution is -2.30. The molecule has 3 aromatic rings. The molecule has 3 heterocycles. The second-order valence-electron chi connectivity index (χ2n) is 6.05. The van der Waals surface area contributed by atoms with Gasteiger partial charge in [0.05, 0.1) is 18.8 Å². The largest absolute Gasteiger partial charge is 0.493 e. The molecule has 0 bridgehead atoms. The number of fused-ring (bicyclic) bond motifs is 1. The van der Waals surface area contributed by atoms with Crippen molar-refractivity contribution in [3.8, 4) is 5.75 Å². The number of pyridine rings is 1. The summed E-state index contributed by atoms with van der Waals surface area (Å²) >= 11 is 6.10. The predicted octanol–water partition coefficient (Wildman–Crippen LogP) is 4.47. The molecule has 1 amide bonds. The summed E-state index contributed by atoms with van der Waals surface area (Å²) in [5.74, 6) is 0.671. The zero-order valence-electron chi connectivity index (χ0n) is 13.7. The van der Waals surface area contributed by atoms with Gasteiger partial charge in [-0.2, -0.15) is 0 Å². The molecule has 1 atom stereocenters. The number of benzene rings is 1. The van der Waals surface area contributed by atoms with E-state index in [1.54, 1.807) is 31.5 Å². The molecule has 25 heavy (non-hydrogen) atoms. The van der Waals surface area contributed by atoms with Crippen molar-refractivity contribution in [1.82, 2.24) is 9.88 Å². The monoisotopic (exact) mass is 356 g/mol. The fraction of sp³-hybridized carbons (Fsp3) is 0.263. The number of ether oxygens (including phenoxy) is 1. The van der Waals surface area contributed by atoms with Gasteiger partial charge in [-0.25, -0.2) is 0 Å². The molecule has 4 rings (SSSR count). The van der Waals surface area contributed by atoms with Crippen molar-refractivity contribution in [2.24, 2.45) is 0 Å². The molecule has 5 nitrogen and oxygen atoms in total. The smallest absolute Gasteiger partial charge is 0.290 e. The maximum absolute atomic E-state index is 13.0. The first-order valence-electron chi connectivity index (χ1n) is 8.16. The Bertz CT molecular complexity index is 923. The van der Waals surface area contributed by atoms with E-state index in [-0.39, 0.29) is 11.9 Å². The quantitative estimate of drug-likeness (QED) is 0.695. The Kier molecular flexibility index (Phi) is 4.09. The molecule has 0 aliphatic carbocycles. The summed E-state index contributed by atoms with van der Waals surface area (Å²) < 4.78 is 11.1. The highest BCUT2D eigenvalue weighted by atomic mass is 35.5. The average molecular weight is 357 g/mol. The van der Waals surface area contributed by atoms with Crippen LogP contribution >= 0.6 is 11.6 Å². The van der Waals surface area contributed by atoms with Gasteiger partial charge >= 0.3 is 0 Å². The third kappa shape index (κ3) is 2.85. The molecule has 0 saturated carbocycles. The molecule has 6 heteroatoms. The van der Waals surface area contributed by atoms with Gasteiger partial charge in [0, 0.05) is 29.2 Å². The van der Waals surface area contributed by atoms with Crippen molar-refractivity contribution < 1.29 is 13.9 Å². The van der Waals surface area contributed by atoms with Crippen LogP contribution in [0.15, 0.2) is 47.0 Å². The standard InChI is InChI=1S/C19H17ClN2O3/c1-24-16-11-13(20)9-12-10-17(25-18(12)16)19(23)22-8-4-6-15(22)14-5-2-3-7-21-14/h2-3,5,7,9-11,15H,4,6,8H2,1H3. The number of furan rings is 1. The van der Waals surface area contributed by atoms with Gasteiger partial charge in [-0.05, 0) is 37.1 Å². The number of halogens is 1. The predicted molar refractivity (Wildman–Crippen MR) is 95.0 cm³/mol. The van der Waals surface area contributed by atoms with Gasteiger partial charge in [-0.15, -0.1) is 0 Å². The van der Waals surface area contributed by atoms with Crippen molar-refractivity contribution in [3.05, 3.63) is 59.1 Å². The molecule has 128 valence electrons. The first kappa shape index (κ1) is 16.0. The zero-order valence-corrected chi connectivity index (χ0v) is 14.5. The van der Waals surface area contributed by atoms with E-state index in [1.807, 2.05) is 23.1 Å². The van der Waals surface area contributed by atoms with Crippen molar-refractivity contribution in [2.75, 3.05) is 13.7 Å². The van der Waals surface area contributed by atoms with Crippen LogP contribution in [0.25, 0.3) is 11.0 Å². The second-order valence-corrected chi connectivity index (χ2v) is 6.48. The lowest BCUT2D eigenvalue weighted by molar-refractivity contribution is 0.0703. The Labute approximate surface area is 150 Å². The van der Waals surface area contributed by atoms with Crippen LogP contribution in [-0.4, -0.2) is 29.4 Å². The first-order chi connectivity index (χ1) is 12.2. The topological polar surface area (TPSA) is 55.6 Å². The third-order valence-electron chi connectivity index (χ3n) is 4.52. The molecule has 1 saturated heterocycles. The Morgan fingerprint density at radius 1 is 1.36 bits per heavy atom. The molecular formula is C19H17ClN2O3. The fourth-order valence-corrected chi connectivity index (χ4v) is 3.59. The van der Waals surface area contributed by atoms with E-state index in [0.29, 0.717) is 28.7 Å². The van der Waals surface area contributed by atoms with Gasteiger partial charge in [0.2, 0.25) is 0 Å². The van der Waals surface area contributed by atoms with Gasteiger partial charge in [0.25, 0.3) is 5.91 Å². The van der Waals surface area contributed by atoms with Crippen LogP contribution in [0, 0.1) is 0 Å². The van der Waals surface area contributed by atoms with Crippen LogP contribution in [0.5, 0.6) is 5.75 Å². The number of carbonyl (C=O) groups excluding carboxylic acids is 1. The van der Waals surface area contributed by atoms with Crippen LogP contribution in [0.3, 0.4) is 0 Å². The molecule has 1 aliphatic rings. The van der Waals surface area contributed by atoms with Crippen LogP contribution in [0.4, 0.5) is 0 Å². The fourth-order valence-electron chi connectivity index (χ4n) is 3.37. The van der Waals surface area contributed by atoms with E-state index in [0.717, 1.165) is 23.9 Å². The summed E-state index contributed by atoms with van der Waals surface area (Å²) in [7, 11) is 1.55. The number of likely N-dealkylation sites (tertiary alicyclic amines) is 1. The van der Waals surface area contributed by atoms with Gasteiger partial charge in [0.1, 0.15) is 0 Å². The van der Waals surface area contributed by atoms with Gasteiger partial charge in [-0.1, -0.05) is 17.7 Å². The number of amides is 1. The molecule has 2 aromatic heterocycles. The van der Waals surface area contributed by atoms with Crippen molar-refractivity contribution in [2.45, 2.75) is 18.9 Å². The number of hydrogen-bond donors (Lipinski definition) is 0. The summed E-state index contributed by atoms with van der Waals surface area (Å²) in [6.07, 6.45) is 3.60. The maximum atomic E-state index is 13.0. The number of hydrogen-bond acceptors (Lipinski definition) is 4. The van der Waals surface area contributed by atoms with E-state index < -0.39 is 0 Å². The van der Waals surface area contributed by atoms with E-state index >= 15 is 0 Å². The van der Waals surface area contributed by atoms with Crippen LogP contribution in [0.2, 0.25) is 5.02 Å². The number of nitrogens with zero attached hydrogens (tertiary/aromatic N) is 2. The molecule has 1 aliphatic heterocycles. The molecule has 0 N–H and O–H groups in total. The summed E-state index contributed by atoms with van der Waals surface area (Å²) in [4.78, 5) is 19.2. The molecular weight excluding hydrogens is 340 g/mol. The van der Waals surface area contributed by atoms with E-state index in [1.165, 1.54) is 0 Å². The summed E-state index contributed by atoms with van der Waals surface area (Å²) in [5.41, 5.74) is 1.44. The van der Waals surface area contributed by atoms with Crippen LogP contribution in [-0.2, 0) is 0 Å². The van der Waals surface area contributed by atoms with Crippen LogP contribution in [0.1, 0.15) is 35.1 Å². The van der Waals surface area contributed by atoms with Crippen molar-refractivity contribution >= 4 is 28.5 Å². The summed E-state index contributed by atoms with van der Waals surface area (Å²) in [6.45, 7) is 0.689. The number of aromatic nitrogens is 1. The summed E-state index contributed by atoms with van der Waals surface area (Å²) in [6, 6.07) is 10.9. The Morgan fingerprint density at radius 3 is 3.00 bits per heavy atom. The minimum absolute atomic E-state index is 0.0209. The molecule has 0 radical (unpaired) electrons. The molecule has 1 fully saturated rings. The average Bonchev–Trinajstić information content (AvgIpc) is 3.28. The minimum Gasteiger partial charge on any atom is -0.493 e. The molecule has 1 aromatic carbocycles. The number of rotatable bonds is 3. The van der Waals surface area contributed by atoms with Gasteiger partial charge < -0.3 is 14.1 Å². The summed E-state index contributed by atoms with van der Waals surface area (Å²) in [5, 5.41) is 1.29. The Morgan fingerprint density at radius 2 is 2.24 bits per heavy atom. The SMILES string of the molecule is COc1cc(Cl)cc2cc(C(=O)N3CCCC3c3ccccn3)oc12. The van der Waals surface area contributed by atoms with Gasteiger partial charge in [0.15, 0.2) is 17.1 Å².